The van der Waals surface area contributed by atoms with Gasteiger partial charge in [-0.15, -0.1) is 0 Å². The third-order valence-electron chi connectivity index (χ3n) is 5.79. The molecular formula is C18H25N3O4. The van der Waals surface area contributed by atoms with E-state index in [9.17, 15) is 14.7 Å². The third kappa shape index (κ3) is 2.45. The third-order valence-corrected chi connectivity index (χ3v) is 5.79. The zero-order valence-corrected chi connectivity index (χ0v) is 14.9. The van der Waals surface area contributed by atoms with Crippen molar-refractivity contribution in [2.24, 2.45) is 0 Å². The smallest absolute Gasteiger partial charge is 0.252 e. The second-order valence-corrected chi connectivity index (χ2v) is 7.83. The van der Waals surface area contributed by atoms with Crippen LogP contribution in [-0.4, -0.2) is 75.0 Å². The number of aryl methyl sites for hydroxylation is 1. The minimum atomic E-state index is -0.692. The van der Waals surface area contributed by atoms with Crippen molar-refractivity contribution in [1.29, 1.82) is 0 Å². The van der Waals surface area contributed by atoms with Crippen molar-refractivity contribution in [3.63, 3.8) is 0 Å². The lowest BCUT2D eigenvalue weighted by Gasteiger charge is -2.59. The number of β-amino-alcohol motifs (C(OH)–C–C–N with tert-alkyl or cyclic N) is 1. The van der Waals surface area contributed by atoms with Gasteiger partial charge in [-0.1, -0.05) is 0 Å². The number of likely N-dealkylation sites (tertiary alicyclic amines) is 1. The number of piperazine rings is 1. The van der Waals surface area contributed by atoms with Crippen molar-refractivity contribution >= 4 is 11.8 Å². The number of imide groups is 1. The van der Waals surface area contributed by atoms with Crippen LogP contribution in [0, 0.1) is 6.92 Å². The zero-order valence-electron chi connectivity index (χ0n) is 14.9. The number of furan rings is 1. The van der Waals surface area contributed by atoms with Crippen LogP contribution in [0.4, 0.5) is 0 Å². The van der Waals surface area contributed by atoms with E-state index in [0.717, 1.165) is 5.76 Å². The fraction of sp³-hybridized carbons (Fsp3) is 0.667. The molecule has 7 nitrogen and oxygen atoms in total. The standard InChI is InChI=1S/C18H25N3O4/c1-11(2)19-9-18(10-19)17(24)20(8-14-5-4-12(3)25-14)16(23)15-6-13(22)7-21(15)18/h4-5,11,13,15,22H,6-10H2,1-3H3. The molecule has 7 heteroatoms. The first kappa shape index (κ1) is 16.8. The van der Waals surface area contributed by atoms with Gasteiger partial charge < -0.3 is 9.52 Å². The molecular weight excluding hydrogens is 322 g/mol. The van der Waals surface area contributed by atoms with Crippen molar-refractivity contribution in [2.45, 2.75) is 57.5 Å². The van der Waals surface area contributed by atoms with Gasteiger partial charge >= 0.3 is 0 Å². The molecule has 1 N–H and O–H groups in total. The van der Waals surface area contributed by atoms with Crippen molar-refractivity contribution in [2.75, 3.05) is 19.6 Å². The molecule has 25 heavy (non-hydrogen) atoms. The summed E-state index contributed by atoms with van der Waals surface area (Å²) in [7, 11) is 0. The maximum absolute atomic E-state index is 13.3. The number of aliphatic hydroxyl groups is 1. The SMILES string of the molecule is Cc1ccc(CN2C(=O)C3CC(O)CN3C3(CN(C(C)C)C3)C2=O)o1. The normalized spacial score (nSPS) is 29.6. The monoisotopic (exact) mass is 347 g/mol. The molecule has 3 aliphatic rings. The maximum Gasteiger partial charge on any atom is 0.252 e. The van der Waals surface area contributed by atoms with E-state index in [4.69, 9.17) is 4.42 Å². The molecule has 1 aromatic rings. The topological polar surface area (TPSA) is 77.2 Å². The number of rotatable bonds is 3. The summed E-state index contributed by atoms with van der Waals surface area (Å²) in [6.07, 6.45) is -0.166. The molecule has 0 radical (unpaired) electrons. The molecule has 4 rings (SSSR count). The molecule has 3 saturated heterocycles. The van der Waals surface area contributed by atoms with Crippen molar-refractivity contribution in [3.8, 4) is 0 Å². The van der Waals surface area contributed by atoms with Gasteiger partial charge in [0.05, 0.1) is 18.7 Å². The fourth-order valence-corrected chi connectivity index (χ4v) is 4.36. The highest BCUT2D eigenvalue weighted by Gasteiger charge is 2.64. The van der Waals surface area contributed by atoms with E-state index in [1.165, 1.54) is 4.90 Å². The van der Waals surface area contributed by atoms with Crippen LogP contribution in [0.1, 0.15) is 31.8 Å². The van der Waals surface area contributed by atoms with E-state index in [1.54, 1.807) is 6.07 Å². The lowest BCUT2D eigenvalue weighted by molar-refractivity contribution is -0.182. The quantitative estimate of drug-likeness (QED) is 0.796. The second-order valence-electron chi connectivity index (χ2n) is 7.83. The van der Waals surface area contributed by atoms with Gasteiger partial charge in [-0.3, -0.25) is 24.3 Å². The van der Waals surface area contributed by atoms with Gasteiger partial charge in [-0.25, -0.2) is 0 Å². The highest BCUT2D eigenvalue weighted by molar-refractivity contribution is 6.06. The zero-order chi connectivity index (χ0) is 17.9. The minimum Gasteiger partial charge on any atom is -0.464 e. The van der Waals surface area contributed by atoms with Crippen molar-refractivity contribution in [3.05, 3.63) is 23.7 Å². The van der Waals surface area contributed by atoms with Crippen LogP contribution < -0.4 is 0 Å². The number of hydrogen-bond donors (Lipinski definition) is 1. The predicted octanol–water partition coefficient (Wildman–Crippen LogP) is 0.355. The molecule has 2 unspecified atom stereocenters. The summed E-state index contributed by atoms with van der Waals surface area (Å²) in [5, 5.41) is 10.1. The second kappa shape index (κ2) is 5.65. The lowest BCUT2D eigenvalue weighted by Crippen LogP contribution is -2.82. The number of amides is 2. The average molecular weight is 347 g/mol. The van der Waals surface area contributed by atoms with Gasteiger partial charge in [0.1, 0.15) is 17.1 Å². The lowest BCUT2D eigenvalue weighted by atomic mass is 9.81. The molecule has 3 aliphatic heterocycles. The number of carbonyl (C=O) groups is 2. The molecule has 1 spiro atoms. The van der Waals surface area contributed by atoms with E-state index in [1.807, 2.05) is 17.9 Å². The molecule has 0 aliphatic carbocycles. The summed E-state index contributed by atoms with van der Waals surface area (Å²) >= 11 is 0. The van der Waals surface area contributed by atoms with Gasteiger partial charge in [0.25, 0.3) is 5.91 Å². The first-order valence-corrected chi connectivity index (χ1v) is 8.92. The first-order chi connectivity index (χ1) is 11.8. The molecule has 0 saturated carbocycles. The van der Waals surface area contributed by atoms with Crippen LogP contribution in [0.15, 0.2) is 16.5 Å². The van der Waals surface area contributed by atoms with E-state index in [2.05, 4.69) is 18.7 Å². The number of aliphatic hydroxyl groups excluding tert-OH is 1. The Kier molecular flexibility index (Phi) is 3.79. The predicted molar refractivity (Wildman–Crippen MR) is 89.6 cm³/mol. The molecule has 3 fully saturated rings. The Morgan fingerprint density at radius 2 is 2.04 bits per heavy atom. The van der Waals surface area contributed by atoms with Gasteiger partial charge in [-0.2, -0.15) is 0 Å². The summed E-state index contributed by atoms with van der Waals surface area (Å²) < 4.78 is 5.58. The van der Waals surface area contributed by atoms with Crippen molar-refractivity contribution in [1.82, 2.24) is 14.7 Å². The van der Waals surface area contributed by atoms with Gasteiger partial charge in [0.2, 0.25) is 5.91 Å². The van der Waals surface area contributed by atoms with Crippen molar-refractivity contribution < 1.29 is 19.1 Å². The molecule has 2 atom stereocenters. The summed E-state index contributed by atoms with van der Waals surface area (Å²) in [6.45, 7) is 7.81. The summed E-state index contributed by atoms with van der Waals surface area (Å²) in [5.41, 5.74) is -0.692. The van der Waals surface area contributed by atoms with Crippen LogP contribution >= 0.6 is 0 Å². The van der Waals surface area contributed by atoms with Gasteiger partial charge in [0, 0.05) is 25.7 Å². The largest absolute Gasteiger partial charge is 0.464 e. The molecule has 4 heterocycles. The number of fused-ring (bicyclic) bond motifs is 2. The Labute approximate surface area is 147 Å². The number of hydrogen-bond acceptors (Lipinski definition) is 6. The Balaban J connectivity index is 1.64. The van der Waals surface area contributed by atoms with Crippen LogP contribution in [0.3, 0.4) is 0 Å². The molecule has 1 aromatic heterocycles. The van der Waals surface area contributed by atoms with Crippen LogP contribution in [0.25, 0.3) is 0 Å². The Bertz CT molecular complexity index is 707. The summed E-state index contributed by atoms with van der Waals surface area (Å²) in [6, 6.07) is 3.57. The number of carbonyl (C=O) groups excluding carboxylic acids is 2. The Morgan fingerprint density at radius 1 is 1.32 bits per heavy atom. The summed E-state index contributed by atoms with van der Waals surface area (Å²) in [5.74, 6) is 0.994. The van der Waals surface area contributed by atoms with E-state index < -0.39 is 17.7 Å². The Morgan fingerprint density at radius 3 is 2.64 bits per heavy atom. The highest BCUT2D eigenvalue weighted by Crippen LogP contribution is 2.41. The molecule has 0 aromatic carbocycles. The highest BCUT2D eigenvalue weighted by atomic mass is 16.3. The molecule has 0 bridgehead atoms. The van der Waals surface area contributed by atoms with E-state index >= 15 is 0 Å². The first-order valence-electron chi connectivity index (χ1n) is 8.92. The van der Waals surface area contributed by atoms with E-state index in [0.29, 0.717) is 37.9 Å². The summed E-state index contributed by atoms with van der Waals surface area (Å²) in [4.78, 5) is 31.7. The van der Waals surface area contributed by atoms with Gasteiger partial charge in [-0.05, 0) is 39.3 Å². The van der Waals surface area contributed by atoms with E-state index in [-0.39, 0.29) is 18.4 Å². The maximum atomic E-state index is 13.3. The van der Waals surface area contributed by atoms with Gasteiger partial charge in [0.15, 0.2) is 0 Å². The van der Waals surface area contributed by atoms with Crippen LogP contribution in [0.5, 0.6) is 0 Å². The fourth-order valence-electron chi connectivity index (χ4n) is 4.36. The molecule has 136 valence electrons. The minimum absolute atomic E-state index is 0.159. The number of nitrogens with zero attached hydrogens (tertiary/aromatic N) is 3. The molecule has 2 amide bonds. The average Bonchev–Trinajstić information content (AvgIpc) is 3.08. The van der Waals surface area contributed by atoms with Crippen LogP contribution in [0.2, 0.25) is 0 Å². The van der Waals surface area contributed by atoms with Crippen LogP contribution in [-0.2, 0) is 16.1 Å². The Hall–Kier alpha value is -1.70.